The van der Waals surface area contributed by atoms with Gasteiger partial charge in [0.25, 0.3) is 5.91 Å². The van der Waals surface area contributed by atoms with Gasteiger partial charge in [0.1, 0.15) is 11.5 Å². The molecule has 0 unspecified atom stereocenters. The minimum atomic E-state index is -0.128. The van der Waals surface area contributed by atoms with Crippen LogP contribution in [0.4, 0.5) is 0 Å². The number of hydrogen-bond acceptors (Lipinski definition) is 4. The third-order valence-electron chi connectivity index (χ3n) is 5.15. The van der Waals surface area contributed by atoms with Crippen LogP contribution in [-0.4, -0.2) is 49.1 Å². The predicted molar refractivity (Wildman–Crippen MR) is 116 cm³/mol. The Morgan fingerprint density at radius 3 is 2.33 bits per heavy atom. The van der Waals surface area contributed by atoms with Crippen LogP contribution in [0, 0.1) is 6.92 Å². The summed E-state index contributed by atoms with van der Waals surface area (Å²) in [7, 11) is 0. The van der Waals surface area contributed by atoms with Crippen LogP contribution >= 0.6 is 0 Å². The fourth-order valence-electron chi connectivity index (χ4n) is 3.41. The second-order valence-electron chi connectivity index (χ2n) is 7.59. The van der Waals surface area contributed by atoms with E-state index < -0.39 is 0 Å². The number of carbonyl (C=O) groups excluding carboxylic acids is 2. The van der Waals surface area contributed by atoms with Crippen LogP contribution in [0.5, 0.6) is 11.5 Å². The highest BCUT2D eigenvalue weighted by atomic mass is 16.5. The fourth-order valence-corrected chi connectivity index (χ4v) is 3.41. The monoisotopic (exact) mass is 410 g/mol. The Balaban J connectivity index is 1.28. The number of ether oxygens (including phenoxy) is 2. The summed E-state index contributed by atoms with van der Waals surface area (Å²) in [6.07, 6.45) is 2.71. The highest BCUT2D eigenvalue weighted by Gasteiger charge is 2.23. The average molecular weight is 411 g/mol. The minimum absolute atomic E-state index is 0.00411. The Morgan fingerprint density at radius 2 is 1.63 bits per heavy atom. The molecule has 1 aliphatic heterocycles. The van der Waals surface area contributed by atoms with Crippen LogP contribution in [-0.2, 0) is 9.59 Å². The molecule has 1 heterocycles. The van der Waals surface area contributed by atoms with Gasteiger partial charge in [0.05, 0.1) is 6.61 Å². The summed E-state index contributed by atoms with van der Waals surface area (Å²) in [6, 6.07) is 17.3. The van der Waals surface area contributed by atoms with Gasteiger partial charge in [0.15, 0.2) is 6.61 Å². The predicted octanol–water partition coefficient (Wildman–Crippen LogP) is 3.34. The van der Waals surface area contributed by atoms with E-state index in [1.165, 1.54) is 5.56 Å². The summed E-state index contributed by atoms with van der Waals surface area (Å²) in [5, 5.41) is 3.00. The highest BCUT2D eigenvalue weighted by Crippen LogP contribution is 2.14. The Hall–Kier alpha value is -3.02. The molecule has 3 rings (SSSR count). The molecular formula is C24H30N2O4. The Bertz CT molecular complexity index is 800. The van der Waals surface area contributed by atoms with Gasteiger partial charge in [-0.1, -0.05) is 35.9 Å². The summed E-state index contributed by atoms with van der Waals surface area (Å²) >= 11 is 0. The molecule has 160 valence electrons. The Morgan fingerprint density at radius 1 is 0.967 bits per heavy atom. The molecule has 1 N–H and O–H groups in total. The topological polar surface area (TPSA) is 67.9 Å². The van der Waals surface area contributed by atoms with E-state index in [0.29, 0.717) is 38.3 Å². The summed E-state index contributed by atoms with van der Waals surface area (Å²) in [6.45, 7) is 3.91. The zero-order chi connectivity index (χ0) is 21.2. The minimum Gasteiger partial charge on any atom is -0.494 e. The van der Waals surface area contributed by atoms with Gasteiger partial charge in [0.2, 0.25) is 5.91 Å². The van der Waals surface area contributed by atoms with Crippen molar-refractivity contribution < 1.29 is 19.1 Å². The second kappa shape index (κ2) is 11.2. The first-order chi connectivity index (χ1) is 14.6. The highest BCUT2D eigenvalue weighted by molar-refractivity contribution is 5.78. The van der Waals surface area contributed by atoms with Gasteiger partial charge in [0, 0.05) is 25.6 Å². The van der Waals surface area contributed by atoms with Crippen LogP contribution in [0.25, 0.3) is 0 Å². The van der Waals surface area contributed by atoms with Gasteiger partial charge in [-0.05, 0) is 50.5 Å². The molecule has 0 aromatic heterocycles. The van der Waals surface area contributed by atoms with Crippen LogP contribution < -0.4 is 14.8 Å². The number of piperidine rings is 1. The zero-order valence-corrected chi connectivity index (χ0v) is 17.5. The van der Waals surface area contributed by atoms with Gasteiger partial charge < -0.3 is 19.7 Å². The molecule has 0 radical (unpaired) electrons. The van der Waals surface area contributed by atoms with E-state index in [0.717, 1.165) is 18.6 Å². The normalized spacial score (nSPS) is 14.2. The molecule has 0 atom stereocenters. The maximum atomic E-state index is 12.4. The molecule has 1 aliphatic rings. The van der Waals surface area contributed by atoms with Crippen LogP contribution in [0.3, 0.4) is 0 Å². The van der Waals surface area contributed by atoms with Crippen molar-refractivity contribution in [2.24, 2.45) is 0 Å². The lowest BCUT2D eigenvalue weighted by molar-refractivity contribution is -0.132. The fraction of sp³-hybridized carbons (Fsp3) is 0.417. The SMILES string of the molecule is Cc1ccc(OCCCC(=O)N2CCC(NC(=O)COc3ccccc3)CC2)cc1. The molecule has 6 heteroatoms. The van der Waals surface area contributed by atoms with Gasteiger partial charge in [-0.2, -0.15) is 0 Å². The molecule has 2 amide bonds. The standard InChI is InChI=1S/C24H30N2O4/c1-19-9-11-22(12-10-19)29-17-5-8-24(28)26-15-13-20(14-16-26)25-23(27)18-30-21-6-3-2-4-7-21/h2-4,6-7,9-12,20H,5,8,13-18H2,1H3,(H,25,27). The molecule has 6 nitrogen and oxygen atoms in total. The number of carbonyl (C=O) groups is 2. The summed E-state index contributed by atoms with van der Waals surface area (Å²) in [5.41, 5.74) is 1.20. The van der Waals surface area contributed by atoms with Crippen molar-refractivity contribution in [3.05, 3.63) is 60.2 Å². The maximum Gasteiger partial charge on any atom is 0.258 e. The van der Waals surface area contributed by atoms with Crippen molar-refractivity contribution in [1.29, 1.82) is 0 Å². The number of nitrogens with one attached hydrogen (secondary N) is 1. The van der Waals surface area contributed by atoms with E-state index >= 15 is 0 Å². The van der Waals surface area contributed by atoms with Crippen molar-refractivity contribution in [2.75, 3.05) is 26.3 Å². The second-order valence-corrected chi connectivity index (χ2v) is 7.59. The van der Waals surface area contributed by atoms with E-state index in [2.05, 4.69) is 5.32 Å². The van der Waals surface area contributed by atoms with Crippen LogP contribution in [0.1, 0.15) is 31.2 Å². The first-order valence-electron chi connectivity index (χ1n) is 10.5. The molecule has 0 spiro atoms. The lowest BCUT2D eigenvalue weighted by Gasteiger charge is -2.32. The van der Waals surface area contributed by atoms with E-state index in [9.17, 15) is 9.59 Å². The number of amides is 2. The third kappa shape index (κ3) is 7.10. The first kappa shape index (κ1) is 21.7. The molecule has 1 fully saturated rings. The van der Waals surface area contributed by atoms with Gasteiger partial charge >= 0.3 is 0 Å². The Labute approximate surface area is 178 Å². The van der Waals surface area contributed by atoms with Crippen molar-refractivity contribution >= 4 is 11.8 Å². The number of para-hydroxylation sites is 1. The Kier molecular flexibility index (Phi) is 8.12. The molecule has 1 saturated heterocycles. The van der Waals surface area contributed by atoms with Gasteiger partial charge in [-0.3, -0.25) is 9.59 Å². The lowest BCUT2D eigenvalue weighted by atomic mass is 10.0. The summed E-state index contributed by atoms with van der Waals surface area (Å²) < 4.78 is 11.2. The molecule has 2 aromatic carbocycles. The largest absolute Gasteiger partial charge is 0.494 e. The molecule has 0 saturated carbocycles. The van der Waals surface area contributed by atoms with Crippen molar-refractivity contribution in [2.45, 2.75) is 38.6 Å². The summed E-state index contributed by atoms with van der Waals surface area (Å²) in [4.78, 5) is 26.4. The molecule has 0 bridgehead atoms. The molecular weight excluding hydrogens is 380 g/mol. The average Bonchev–Trinajstić information content (AvgIpc) is 2.77. The third-order valence-corrected chi connectivity index (χ3v) is 5.15. The zero-order valence-electron chi connectivity index (χ0n) is 17.5. The number of rotatable bonds is 9. The van der Waals surface area contributed by atoms with Gasteiger partial charge in [-0.15, -0.1) is 0 Å². The quantitative estimate of drug-likeness (QED) is 0.644. The van der Waals surface area contributed by atoms with Crippen LogP contribution in [0.15, 0.2) is 54.6 Å². The lowest BCUT2D eigenvalue weighted by Crippen LogP contribution is -2.47. The number of nitrogens with zero attached hydrogens (tertiary/aromatic N) is 1. The van der Waals surface area contributed by atoms with E-state index in [4.69, 9.17) is 9.47 Å². The molecule has 0 aliphatic carbocycles. The van der Waals surface area contributed by atoms with Crippen LogP contribution in [0.2, 0.25) is 0 Å². The molecule has 30 heavy (non-hydrogen) atoms. The number of aryl methyl sites for hydroxylation is 1. The van der Waals surface area contributed by atoms with E-state index in [-0.39, 0.29) is 24.5 Å². The number of hydrogen-bond donors (Lipinski definition) is 1. The molecule has 2 aromatic rings. The van der Waals surface area contributed by atoms with Gasteiger partial charge in [-0.25, -0.2) is 0 Å². The number of likely N-dealkylation sites (tertiary alicyclic amines) is 1. The first-order valence-corrected chi connectivity index (χ1v) is 10.5. The van der Waals surface area contributed by atoms with E-state index in [1.807, 2.05) is 66.4 Å². The maximum absolute atomic E-state index is 12.4. The van der Waals surface area contributed by atoms with E-state index in [1.54, 1.807) is 0 Å². The smallest absolute Gasteiger partial charge is 0.258 e. The van der Waals surface area contributed by atoms with Crippen molar-refractivity contribution in [1.82, 2.24) is 10.2 Å². The summed E-state index contributed by atoms with van der Waals surface area (Å²) in [5.74, 6) is 1.54. The van der Waals surface area contributed by atoms with Crippen molar-refractivity contribution in [3.63, 3.8) is 0 Å². The number of benzene rings is 2. The van der Waals surface area contributed by atoms with Crippen molar-refractivity contribution in [3.8, 4) is 11.5 Å².